The SMILES string of the molecule is CC1CCC(C(C)C)C(Oc2cc(CCCN[C@@H](CC(=O)O)C(=O)N[C@@H](Cc3ccccc3)C(=O)O)ccc2O)C1. The van der Waals surface area contributed by atoms with E-state index in [0.717, 1.165) is 24.0 Å². The van der Waals surface area contributed by atoms with E-state index in [4.69, 9.17) is 4.74 Å². The van der Waals surface area contributed by atoms with Crippen LogP contribution in [0, 0.1) is 17.8 Å². The molecule has 1 fully saturated rings. The van der Waals surface area contributed by atoms with Gasteiger partial charge in [0.1, 0.15) is 12.1 Å². The first-order valence-electron chi connectivity index (χ1n) is 14.5. The fraction of sp³-hybridized carbons (Fsp3) is 0.531. The van der Waals surface area contributed by atoms with Gasteiger partial charge < -0.3 is 30.7 Å². The molecule has 0 saturated heterocycles. The molecular formula is C32H44N2O7. The van der Waals surface area contributed by atoms with Crippen LogP contribution >= 0.6 is 0 Å². The summed E-state index contributed by atoms with van der Waals surface area (Å²) in [4.78, 5) is 36.1. The third-order valence-corrected chi connectivity index (χ3v) is 7.89. The van der Waals surface area contributed by atoms with Gasteiger partial charge in [0.2, 0.25) is 5.91 Å². The summed E-state index contributed by atoms with van der Waals surface area (Å²) in [6.45, 7) is 7.00. The van der Waals surface area contributed by atoms with Crippen LogP contribution in [0.25, 0.3) is 0 Å². The minimum Gasteiger partial charge on any atom is -0.504 e. The number of nitrogens with one attached hydrogen (secondary N) is 2. The molecule has 0 bridgehead atoms. The second-order valence-corrected chi connectivity index (χ2v) is 11.6. The molecule has 0 heterocycles. The van der Waals surface area contributed by atoms with Crippen molar-refractivity contribution in [1.29, 1.82) is 0 Å². The number of carboxylic acid groups (broad SMARTS) is 2. The van der Waals surface area contributed by atoms with Crippen LogP contribution in [-0.4, -0.2) is 57.9 Å². The molecule has 0 aromatic heterocycles. The van der Waals surface area contributed by atoms with Crippen molar-refractivity contribution in [1.82, 2.24) is 10.6 Å². The van der Waals surface area contributed by atoms with Crippen LogP contribution in [0.5, 0.6) is 11.5 Å². The van der Waals surface area contributed by atoms with Gasteiger partial charge in [0.25, 0.3) is 0 Å². The maximum Gasteiger partial charge on any atom is 0.326 e. The lowest BCUT2D eigenvalue weighted by atomic mass is 9.75. The lowest BCUT2D eigenvalue weighted by molar-refractivity contribution is -0.143. The van der Waals surface area contributed by atoms with Crippen molar-refractivity contribution in [3.63, 3.8) is 0 Å². The molecule has 2 aromatic carbocycles. The Morgan fingerprint density at radius 1 is 1.00 bits per heavy atom. The summed E-state index contributed by atoms with van der Waals surface area (Å²) in [5.74, 6) is -0.943. The number of phenols is 1. The largest absolute Gasteiger partial charge is 0.504 e. The van der Waals surface area contributed by atoms with E-state index in [1.165, 1.54) is 6.42 Å². The van der Waals surface area contributed by atoms with Gasteiger partial charge in [-0.1, -0.05) is 63.6 Å². The number of benzene rings is 2. The monoisotopic (exact) mass is 568 g/mol. The number of amides is 1. The van der Waals surface area contributed by atoms with Crippen molar-refractivity contribution in [2.45, 2.75) is 83.9 Å². The number of aryl methyl sites for hydroxylation is 1. The number of carboxylic acids is 2. The first kappa shape index (κ1) is 31.9. The molecule has 1 amide bonds. The molecule has 5 N–H and O–H groups in total. The van der Waals surface area contributed by atoms with Crippen molar-refractivity contribution in [3.05, 3.63) is 59.7 Å². The van der Waals surface area contributed by atoms with Gasteiger partial charge in [-0.2, -0.15) is 0 Å². The van der Waals surface area contributed by atoms with Gasteiger partial charge in [0.15, 0.2) is 11.5 Å². The van der Waals surface area contributed by atoms with Gasteiger partial charge in [-0.05, 0) is 73.2 Å². The van der Waals surface area contributed by atoms with Gasteiger partial charge in [-0.3, -0.25) is 9.59 Å². The fourth-order valence-electron chi connectivity index (χ4n) is 5.54. The minimum atomic E-state index is -1.19. The average molecular weight is 569 g/mol. The fourth-order valence-corrected chi connectivity index (χ4v) is 5.54. The zero-order valence-corrected chi connectivity index (χ0v) is 24.2. The number of aliphatic carboxylic acids is 2. The lowest BCUT2D eigenvalue weighted by Crippen LogP contribution is -2.51. The van der Waals surface area contributed by atoms with Crippen LogP contribution in [0.1, 0.15) is 64.0 Å². The van der Waals surface area contributed by atoms with E-state index in [0.29, 0.717) is 42.9 Å². The molecule has 1 saturated carbocycles. The van der Waals surface area contributed by atoms with Crippen molar-refractivity contribution >= 4 is 17.8 Å². The molecule has 41 heavy (non-hydrogen) atoms. The van der Waals surface area contributed by atoms with Gasteiger partial charge in [0, 0.05) is 6.42 Å². The highest BCUT2D eigenvalue weighted by atomic mass is 16.5. The van der Waals surface area contributed by atoms with Gasteiger partial charge in [-0.25, -0.2) is 4.79 Å². The number of phenolic OH excluding ortho intramolecular Hbond substituents is 1. The molecule has 5 atom stereocenters. The smallest absolute Gasteiger partial charge is 0.326 e. The number of hydrogen-bond donors (Lipinski definition) is 5. The van der Waals surface area contributed by atoms with Gasteiger partial charge in [-0.15, -0.1) is 0 Å². The Morgan fingerprint density at radius 3 is 2.39 bits per heavy atom. The Balaban J connectivity index is 1.56. The minimum absolute atomic E-state index is 0.0494. The predicted octanol–water partition coefficient (Wildman–Crippen LogP) is 4.41. The van der Waals surface area contributed by atoms with E-state index in [1.807, 2.05) is 18.2 Å². The van der Waals surface area contributed by atoms with Gasteiger partial charge in [0.05, 0.1) is 12.5 Å². The molecule has 9 nitrogen and oxygen atoms in total. The van der Waals surface area contributed by atoms with Crippen LogP contribution in [0.15, 0.2) is 48.5 Å². The van der Waals surface area contributed by atoms with E-state index < -0.39 is 36.4 Å². The van der Waals surface area contributed by atoms with Crippen molar-refractivity contribution in [2.75, 3.05) is 6.54 Å². The molecule has 0 radical (unpaired) electrons. The number of hydrogen-bond acceptors (Lipinski definition) is 6. The molecule has 3 rings (SSSR count). The third kappa shape index (κ3) is 10.1. The number of aromatic hydroxyl groups is 1. The zero-order chi connectivity index (χ0) is 29.9. The van der Waals surface area contributed by atoms with Gasteiger partial charge >= 0.3 is 11.9 Å². The summed E-state index contributed by atoms with van der Waals surface area (Å²) in [6.07, 6.45) is 4.13. The highest BCUT2D eigenvalue weighted by Gasteiger charge is 2.33. The standard InChI is InChI=1S/C32H44N2O7/c1-20(2)24-13-11-21(3)16-28(24)41-29-18-23(12-14-27(29)35)10-7-15-33-25(19-30(36)37)31(38)34-26(32(39)40)17-22-8-5-4-6-9-22/h4-6,8-9,12,14,18,20-21,24-26,28,33,35H,7,10-11,13,15-17,19H2,1-3H3,(H,34,38)(H,36,37)(H,39,40)/t21?,24?,25-,26-,28?/m0/s1. The van der Waals surface area contributed by atoms with Crippen LogP contribution in [-0.2, 0) is 27.2 Å². The Bertz CT molecular complexity index is 1150. The Kier molecular flexibility index (Phi) is 12.0. The molecule has 0 spiro atoms. The maximum absolute atomic E-state index is 12.9. The summed E-state index contributed by atoms with van der Waals surface area (Å²) in [6, 6.07) is 12.0. The van der Waals surface area contributed by atoms with Crippen molar-refractivity contribution in [3.8, 4) is 11.5 Å². The number of carbonyl (C=O) groups excluding carboxylic acids is 1. The second kappa shape index (κ2) is 15.4. The van der Waals surface area contributed by atoms with E-state index in [-0.39, 0.29) is 18.3 Å². The zero-order valence-electron chi connectivity index (χ0n) is 24.2. The molecular weight excluding hydrogens is 524 g/mol. The second-order valence-electron chi connectivity index (χ2n) is 11.6. The first-order valence-corrected chi connectivity index (χ1v) is 14.5. The lowest BCUT2D eigenvalue weighted by Gasteiger charge is -2.37. The van der Waals surface area contributed by atoms with E-state index in [1.54, 1.807) is 30.3 Å². The van der Waals surface area contributed by atoms with E-state index in [2.05, 4.69) is 31.4 Å². The summed E-state index contributed by atoms with van der Waals surface area (Å²) in [5, 5.41) is 34.9. The van der Waals surface area contributed by atoms with Crippen LogP contribution in [0.2, 0.25) is 0 Å². The third-order valence-electron chi connectivity index (χ3n) is 7.89. The average Bonchev–Trinajstić information content (AvgIpc) is 2.91. The Hall–Kier alpha value is -3.59. The summed E-state index contributed by atoms with van der Waals surface area (Å²) >= 11 is 0. The van der Waals surface area contributed by atoms with Crippen molar-refractivity contribution < 1.29 is 34.4 Å². The Labute approximate surface area is 242 Å². The highest BCUT2D eigenvalue weighted by molar-refractivity contribution is 5.89. The normalized spacial score (nSPS) is 20.2. The summed E-state index contributed by atoms with van der Waals surface area (Å²) < 4.78 is 6.36. The van der Waals surface area contributed by atoms with Crippen LogP contribution in [0.4, 0.5) is 0 Å². The molecule has 2 aromatic rings. The molecule has 3 unspecified atom stereocenters. The maximum atomic E-state index is 12.9. The number of rotatable bonds is 15. The summed E-state index contributed by atoms with van der Waals surface area (Å²) in [5.41, 5.74) is 1.70. The molecule has 1 aliphatic carbocycles. The molecule has 224 valence electrons. The van der Waals surface area contributed by atoms with Crippen molar-refractivity contribution in [2.24, 2.45) is 17.8 Å². The van der Waals surface area contributed by atoms with E-state index in [9.17, 15) is 29.7 Å². The molecule has 0 aliphatic heterocycles. The quantitative estimate of drug-likeness (QED) is 0.199. The first-order chi connectivity index (χ1) is 19.5. The molecule has 9 heteroatoms. The summed E-state index contributed by atoms with van der Waals surface area (Å²) in [7, 11) is 0. The van der Waals surface area contributed by atoms with E-state index >= 15 is 0 Å². The highest BCUT2D eigenvalue weighted by Crippen LogP contribution is 2.38. The van der Waals surface area contributed by atoms with Crippen LogP contribution in [0.3, 0.4) is 0 Å². The molecule has 1 aliphatic rings. The topological polar surface area (TPSA) is 145 Å². The number of ether oxygens (including phenoxy) is 1. The Morgan fingerprint density at radius 2 is 1.73 bits per heavy atom. The van der Waals surface area contributed by atoms with Crippen LogP contribution < -0.4 is 15.4 Å². The predicted molar refractivity (Wildman–Crippen MR) is 156 cm³/mol. The number of carbonyl (C=O) groups is 3.